The number of ether oxygens (including phenoxy) is 1. The van der Waals surface area contributed by atoms with Gasteiger partial charge in [0.1, 0.15) is 23.5 Å². The lowest BCUT2D eigenvalue weighted by molar-refractivity contribution is -0.155. The molecule has 8 heteroatoms. The van der Waals surface area contributed by atoms with E-state index in [-0.39, 0.29) is 16.1 Å². The van der Waals surface area contributed by atoms with E-state index < -0.39 is 41.0 Å². The van der Waals surface area contributed by atoms with Gasteiger partial charge < -0.3 is 14.4 Å². The van der Waals surface area contributed by atoms with Crippen LogP contribution in [0.3, 0.4) is 0 Å². The molecule has 6 nitrogen and oxygen atoms in total. The average Bonchev–Trinajstić information content (AvgIpc) is 2.47. The zero-order chi connectivity index (χ0) is 19.6. The molecule has 1 heterocycles. The van der Waals surface area contributed by atoms with Gasteiger partial charge in [0.25, 0.3) is 5.56 Å². The molecular formula is C18H17ClFNO5. The van der Waals surface area contributed by atoms with E-state index in [1.807, 2.05) is 0 Å². The highest BCUT2D eigenvalue weighted by molar-refractivity contribution is 6.30. The van der Waals surface area contributed by atoms with E-state index in [9.17, 15) is 23.9 Å². The number of carboxylic acids is 1. The van der Waals surface area contributed by atoms with Crippen molar-refractivity contribution in [2.75, 3.05) is 0 Å². The molecule has 0 radical (unpaired) electrons. The number of pyridine rings is 1. The zero-order valence-corrected chi connectivity index (χ0v) is 15.1. The second-order valence-corrected chi connectivity index (χ2v) is 7.03. The van der Waals surface area contributed by atoms with E-state index in [2.05, 4.69) is 0 Å². The molecule has 0 aliphatic rings. The number of carbonyl (C=O) groups excluding carboxylic acids is 1. The molecule has 0 saturated carbocycles. The van der Waals surface area contributed by atoms with Crippen molar-refractivity contribution in [2.24, 2.45) is 0 Å². The highest BCUT2D eigenvalue weighted by Crippen LogP contribution is 2.25. The zero-order valence-electron chi connectivity index (χ0n) is 14.4. The summed E-state index contributed by atoms with van der Waals surface area (Å²) in [7, 11) is 0. The molecule has 0 aliphatic heterocycles. The largest absolute Gasteiger partial charge is 0.477 e. The molecule has 1 aromatic carbocycles. The van der Waals surface area contributed by atoms with E-state index in [0.717, 1.165) is 16.7 Å². The van der Waals surface area contributed by atoms with Crippen molar-refractivity contribution in [3.05, 3.63) is 57.2 Å². The number of benzene rings is 1. The van der Waals surface area contributed by atoms with Crippen LogP contribution in [0.4, 0.5) is 4.39 Å². The first-order valence-corrected chi connectivity index (χ1v) is 8.01. The van der Waals surface area contributed by atoms with Gasteiger partial charge >= 0.3 is 11.9 Å². The quantitative estimate of drug-likeness (QED) is 0.821. The summed E-state index contributed by atoms with van der Waals surface area (Å²) in [5.41, 5.74) is -2.06. The molecule has 1 N–H and O–H groups in total. The Labute approximate surface area is 153 Å². The van der Waals surface area contributed by atoms with E-state index >= 15 is 0 Å². The summed E-state index contributed by atoms with van der Waals surface area (Å²) in [6, 6.07) is 4.92. The van der Waals surface area contributed by atoms with E-state index in [0.29, 0.717) is 0 Å². The number of nitrogens with zero attached hydrogens (tertiary/aromatic N) is 1. The topological polar surface area (TPSA) is 85.6 Å². The van der Waals surface area contributed by atoms with Crippen molar-refractivity contribution >= 4 is 23.5 Å². The molecule has 0 atom stereocenters. The smallest absolute Gasteiger partial charge is 0.341 e. The Balaban J connectivity index is 2.55. The number of hydrogen-bond donors (Lipinski definition) is 1. The van der Waals surface area contributed by atoms with E-state index in [1.54, 1.807) is 20.8 Å². The number of halogens is 2. The molecule has 0 amide bonds. The molecule has 26 heavy (non-hydrogen) atoms. The first kappa shape index (κ1) is 19.7. The minimum absolute atomic E-state index is 0.0508. The summed E-state index contributed by atoms with van der Waals surface area (Å²) in [6.07, 6.45) is 1.21. The second kappa shape index (κ2) is 7.29. The van der Waals surface area contributed by atoms with Gasteiger partial charge in [-0.05, 0) is 45.0 Å². The molecule has 1 aromatic heterocycles. The number of esters is 1. The van der Waals surface area contributed by atoms with Gasteiger partial charge in [-0.1, -0.05) is 11.6 Å². The maximum Gasteiger partial charge on any atom is 0.341 e. The lowest BCUT2D eigenvalue weighted by Gasteiger charge is -2.20. The number of carboxylic acid groups (broad SMARTS) is 1. The van der Waals surface area contributed by atoms with Gasteiger partial charge in [0.15, 0.2) is 0 Å². The minimum atomic E-state index is -1.48. The standard InChI is InChI=1S/C18H17ClFNO5/c1-18(2,3)26-15(22)9-21-8-10(6-13(16(21)23)17(24)25)12-5-4-11(19)7-14(12)20/h4-8H,9H2,1-3H3,(H,24,25). The second-order valence-electron chi connectivity index (χ2n) is 6.59. The first-order chi connectivity index (χ1) is 12.0. The third-order valence-electron chi connectivity index (χ3n) is 3.28. The molecule has 0 aliphatic carbocycles. The Morgan fingerprint density at radius 1 is 1.27 bits per heavy atom. The minimum Gasteiger partial charge on any atom is -0.477 e. The van der Waals surface area contributed by atoms with Crippen LogP contribution in [0.2, 0.25) is 5.02 Å². The monoisotopic (exact) mass is 381 g/mol. The van der Waals surface area contributed by atoms with Crippen molar-refractivity contribution in [1.82, 2.24) is 4.57 Å². The number of rotatable bonds is 4. The Morgan fingerprint density at radius 2 is 1.92 bits per heavy atom. The summed E-state index contributed by atoms with van der Waals surface area (Å²) in [5.74, 6) is -2.88. The summed E-state index contributed by atoms with van der Waals surface area (Å²) >= 11 is 5.72. The van der Waals surface area contributed by atoms with Gasteiger partial charge in [0.2, 0.25) is 0 Å². The molecule has 0 fully saturated rings. The average molecular weight is 382 g/mol. The molecule has 0 saturated heterocycles. The SMILES string of the molecule is CC(C)(C)OC(=O)Cn1cc(-c2ccc(Cl)cc2F)cc(C(=O)O)c1=O. The molecule has 2 rings (SSSR count). The Kier molecular flexibility index (Phi) is 5.51. The van der Waals surface area contributed by atoms with E-state index in [1.165, 1.54) is 18.3 Å². The molecule has 0 spiro atoms. The van der Waals surface area contributed by atoms with Crippen molar-refractivity contribution in [3.8, 4) is 11.1 Å². The van der Waals surface area contributed by atoms with Gasteiger partial charge in [-0.15, -0.1) is 0 Å². The highest BCUT2D eigenvalue weighted by Gasteiger charge is 2.20. The molecule has 138 valence electrons. The predicted molar refractivity (Wildman–Crippen MR) is 93.9 cm³/mol. The fourth-order valence-electron chi connectivity index (χ4n) is 2.29. The third-order valence-corrected chi connectivity index (χ3v) is 3.51. The maximum absolute atomic E-state index is 14.2. The fourth-order valence-corrected chi connectivity index (χ4v) is 2.45. The lowest BCUT2D eigenvalue weighted by atomic mass is 10.0. The molecule has 0 unspecified atom stereocenters. The maximum atomic E-state index is 14.2. The van der Waals surface area contributed by atoms with Gasteiger partial charge in [-0.3, -0.25) is 9.59 Å². The molecule has 0 bridgehead atoms. The molecular weight excluding hydrogens is 365 g/mol. The van der Waals surface area contributed by atoms with Gasteiger partial charge in [0, 0.05) is 22.3 Å². The number of aromatic carboxylic acids is 1. The highest BCUT2D eigenvalue weighted by atomic mass is 35.5. The van der Waals surface area contributed by atoms with Crippen LogP contribution in [0, 0.1) is 5.82 Å². The van der Waals surface area contributed by atoms with Crippen LogP contribution < -0.4 is 5.56 Å². The van der Waals surface area contributed by atoms with Crippen LogP contribution >= 0.6 is 11.6 Å². The normalized spacial score (nSPS) is 11.3. The third kappa shape index (κ3) is 4.70. The summed E-state index contributed by atoms with van der Waals surface area (Å²) in [5, 5.41) is 9.42. The van der Waals surface area contributed by atoms with Crippen molar-refractivity contribution in [2.45, 2.75) is 32.9 Å². The van der Waals surface area contributed by atoms with Crippen molar-refractivity contribution in [3.63, 3.8) is 0 Å². The van der Waals surface area contributed by atoms with Gasteiger partial charge in [-0.2, -0.15) is 0 Å². The van der Waals surface area contributed by atoms with Crippen LogP contribution in [-0.4, -0.2) is 27.2 Å². The van der Waals surface area contributed by atoms with Gasteiger partial charge in [-0.25, -0.2) is 9.18 Å². The summed E-state index contributed by atoms with van der Waals surface area (Å²) in [6.45, 7) is 4.49. The Hall–Kier alpha value is -2.67. The first-order valence-electron chi connectivity index (χ1n) is 7.63. The fraction of sp³-hybridized carbons (Fsp3) is 0.278. The van der Waals surface area contributed by atoms with Crippen LogP contribution in [0.25, 0.3) is 11.1 Å². The number of carbonyl (C=O) groups is 2. The van der Waals surface area contributed by atoms with E-state index in [4.69, 9.17) is 16.3 Å². The Morgan fingerprint density at radius 3 is 2.46 bits per heavy atom. The molecule has 2 aromatic rings. The number of hydrogen-bond acceptors (Lipinski definition) is 4. The Bertz CT molecular complexity index is 930. The lowest BCUT2D eigenvalue weighted by Crippen LogP contribution is -2.32. The van der Waals surface area contributed by atoms with Crippen LogP contribution in [0.5, 0.6) is 0 Å². The van der Waals surface area contributed by atoms with Crippen LogP contribution in [-0.2, 0) is 16.1 Å². The van der Waals surface area contributed by atoms with Gasteiger partial charge in [0.05, 0.1) is 0 Å². The van der Waals surface area contributed by atoms with Crippen LogP contribution in [0.15, 0.2) is 35.3 Å². The van der Waals surface area contributed by atoms with Crippen molar-refractivity contribution < 1.29 is 23.8 Å². The van der Waals surface area contributed by atoms with Crippen molar-refractivity contribution in [1.29, 1.82) is 0 Å². The summed E-state index contributed by atoms with van der Waals surface area (Å²) in [4.78, 5) is 35.7. The predicted octanol–water partition coefficient (Wildman–Crippen LogP) is 3.35. The van der Waals surface area contributed by atoms with Crippen LogP contribution in [0.1, 0.15) is 31.1 Å². The summed E-state index contributed by atoms with van der Waals surface area (Å²) < 4.78 is 20.2. The number of aromatic nitrogens is 1.